The Morgan fingerprint density at radius 2 is 1.86 bits per heavy atom. The van der Waals surface area contributed by atoms with Gasteiger partial charge in [0.1, 0.15) is 5.75 Å². The Hall–Kier alpha value is -3.61. The van der Waals surface area contributed by atoms with Crippen molar-refractivity contribution < 1.29 is 14.3 Å². The van der Waals surface area contributed by atoms with Crippen LogP contribution in [0, 0.1) is 6.92 Å². The van der Waals surface area contributed by atoms with E-state index in [4.69, 9.17) is 14.6 Å². The van der Waals surface area contributed by atoms with Crippen molar-refractivity contribution in [2.24, 2.45) is 0 Å². The Kier molecular flexibility index (Phi) is 5.03. The molecule has 4 aromatic rings. The van der Waals surface area contributed by atoms with Crippen LogP contribution in [0.4, 0.5) is 0 Å². The molecule has 3 aromatic heterocycles. The molecule has 4 rings (SSSR count). The lowest BCUT2D eigenvalue weighted by molar-refractivity contribution is 0.0518. The Morgan fingerprint density at radius 1 is 1.07 bits per heavy atom. The molecule has 0 saturated heterocycles. The Balaban J connectivity index is 1.75. The SMILES string of the molecule is CCOC(=O)c1cc(C)n(Cc2cc(OC)cc3cc(-c4ccccc4)nn23)n1. The lowest BCUT2D eigenvalue weighted by atomic mass is 10.1. The lowest BCUT2D eigenvalue weighted by Gasteiger charge is -2.09. The Morgan fingerprint density at radius 3 is 2.59 bits per heavy atom. The quantitative estimate of drug-likeness (QED) is 0.469. The van der Waals surface area contributed by atoms with Crippen LogP contribution in [0.5, 0.6) is 5.75 Å². The fourth-order valence-electron chi connectivity index (χ4n) is 3.25. The van der Waals surface area contributed by atoms with Crippen LogP contribution in [0.2, 0.25) is 0 Å². The summed E-state index contributed by atoms with van der Waals surface area (Å²) in [4.78, 5) is 12.0. The molecule has 0 atom stereocenters. The molecule has 7 heteroatoms. The molecule has 0 aliphatic rings. The summed E-state index contributed by atoms with van der Waals surface area (Å²) < 4.78 is 14.2. The average molecular weight is 390 g/mol. The van der Waals surface area contributed by atoms with Gasteiger partial charge in [0, 0.05) is 23.4 Å². The molecule has 0 saturated carbocycles. The third kappa shape index (κ3) is 3.71. The molecule has 29 heavy (non-hydrogen) atoms. The normalized spacial score (nSPS) is 11.0. The van der Waals surface area contributed by atoms with Crippen LogP contribution < -0.4 is 4.74 Å². The van der Waals surface area contributed by atoms with Gasteiger partial charge in [-0.15, -0.1) is 0 Å². The number of esters is 1. The number of ether oxygens (including phenoxy) is 2. The summed E-state index contributed by atoms with van der Waals surface area (Å²) in [5, 5.41) is 9.19. The van der Waals surface area contributed by atoms with Crippen LogP contribution in [0.15, 0.2) is 54.6 Å². The molecule has 0 bridgehead atoms. The van der Waals surface area contributed by atoms with E-state index in [1.165, 1.54) is 0 Å². The summed E-state index contributed by atoms with van der Waals surface area (Å²) in [6.45, 7) is 4.44. The number of methoxy groups -OCH3 is 1. The van der Waals surface area contributed by atoms with E-state index in [9.17, 15) is 4.79 Å². The van der Waals surface area contributed by atoms with Crippen LogP contribution in [-0.4, -0.2) is 39.1 Å². The van der Waals surface area contributed by atoms with E-state index < -0.39 is 5.97 Å². The molecule has 0 spiro atoms. The van der Waals surface area contributed by atoms with E-state index in [2.05, 4.69) is 5.10 Å². The number of fused-ring (bicyclic) bond motifs is 1. The van der Waals surface area contributed by atoms with Crippen LogP contribution in [0.3, 0.4) is 0 Å². The number of aryl methyl sites for hydroxylation is 1. The van der Waals surface area contributed by atoms with Gasteiger partial charge in [-0.1, -0.05) is 30.3 Å². The topological polar surface area (TPSA) is 70.7 Å². The molecule has 0 radical (unpaired) electrons. The first-order valence-electron chi connectivity index (χ1n) is 9.42. The highest BCUT2D eigenvalue weighted by Gasteiger charge is 2.16. The largest absolute Gasteiger partial charge is 0.497 e. The summed E-state index contributed by atoms with van der Waals surface area (Å²) in [5.41, 5.74) is 4.90. The maximum atomic E-state index is 12.0. The summed E-state index contributed by atoms with van der Waals surface area (Å²) >= 11 is 0. The maximum Gasteiger partial charge on any atom is 0.358 e. The van der Waals surface area contributed by atoms with Gasteiger partial charge < -0.3 is 9.47 Å². The van der Waals surface area contributed by atoms with Crippen molar-refractivity contribution in [3.63, 3.8) is 0 Å². The molecule has 148 valence electrons. The van der Waals surface area contributed by atoms with Gasteiger partial charge in [0.25, 0.3) is 0 Å². The first kappa shape index (κ1) is 18.7. The molecule has 0 aliphatic carbocycles. The van der Waals surface area contributed by atoms with Crippen LogP contribution in [0.25, 0.3) is 16.8 Å². The third-order valence-electron chi connectivity index (χ3n) is 4.69. The van der Waals surface area contributed by atoms with Gasteiger partial charge in [0.2, 0.25) is 0 Å². The minimum atomic E-state index is -0.421. The fourth-order valence-corrected chi connectivity index (χ4v) is 3.25. The van der Waals surface area contributed by atoms with Crippen molar-refractivity contribution in [2.75, 3.05) is 13.7 Å². The molecule has 0 fully saturated rings. The summed E-state index contributed by atoms with van der Waals surface area (Å²) in [6.07, 6.45) is 0. The number of carbonyl (C=O) groups is 1. The van der Waals surface area contributed by atoms with E-state index in [0.29, 0.717) is 18.8 Å². The summed E-state index contributed by atoms with van der Waals surface area (Å²) in [5.74, 6) is 0.318. The first-order chi connectivity index (χ1) is 14.1. The summed E-state index contributed by atoms with van der Waals surface area (Å²) in [7, 11) is 1.64. The standard InChI is InChI=1S/C22H22N4O3/c1-4-29-22(27)21-10-15(2)25(23-21)14-18-12-19(28-3)11-17-13-20(24-26(17)18)16-8-6-5-7-9-16/h5-13H,4,14H2,1-3H3. The Labute approximate surface area is 168 Å². The van der Waals surface area contributed by atoms with Crippen molar-refractivity contribution in [3.8, 4) is 17.0 Å². The molecular weight excluding hydrogens is 368 g/mol. The van der Waals surface area contributed by atoms with Crippen molar-refractivity contribution in [2.45, 2.75) is 20.4 Å². The van der Waals surface area contributed by atoms with Crippen molar-refractivity contribution in [1.82, 2.24) is 19.4 Å². The average Bonchev–Trinajstić information content (AvgIpc) is 3.33. The van der Waals surface area contributed by atoms with Gasteiger partial charge in [0.05, 0.1) is 37.2 Å². The highest BCUT2D eigenvalue weighted by Crippen LogP contribution is 2.24. The second-order valence-electron chi connectivity index (χ2n) is 6.67. The monoisotopic (exact) mass is 390 g/mol. The second kappa shape index (κ2) is 7.79. The molecule has 3 heterocycles. The van der Waals surface area contributed by atoms with Gasteiger partial charge in [-0.25, -0.2) is 9.31 Å². The van der Waals surface area contributed by atoms with Gasteiger partial charge in [-0.05, 0) is 26.0 Å². The molecule has 0 N–H and O–H groups in total. The summed E-state index contributed by atoms with van der Waals surface area (Å²) in [6, 6.07) is 17.7. The lowest BCUT2D eigenvalue weighted by Crippen LogP contribution is -2.11. The zero-order chi connectivity index (χ0) is 20.4. The highest BCUT2D eigenvalue weighted by molar-refractivity contribution is 5.87. The van der Waals surface area contributed by atoms with Crippen LogP contribution >= 0.6 is 0 Å². The van der Waals surface area contributed by atoms with E-state index in [1.54, 1.807) is 24.8 Å². The number of benzene rings is 1. The first-order valence-corrected chi connectivity index (χ1v) is 9.42. The van der Waals surface area contributed by atoms with Gasteiger partial charge in [0.15, 0.2) is 5.69 Å². The number of aromatic nitrogens is 4. The highest BCUT2D eigenvalue weighted by atomic mass is 16.5. The molecular formula is C22H22N4O3. The van der Waals surface area contributed by atoms with Crippen molar-refractivity contribution in [1.29, 1.82) is 0 Å². The van der Waals surface area contributed by atoms with E-state index in [0.717, 1.165) is 33.9 Å². The molecule has 0 aliphatic heterocycles. The van der Waals surface area contributed by atoms with E-state index in [-0.39, 0.29) is 0 Å². The Bertz CT molecular complexity index is 1160. The zero-order valence-corrected chi connectivity index (χ0v) is 16.6. The number of nitrogens with zero attached hydrogens (tertiary/aromatic N) is 4. The van der Waals surface area contributed by atoms with E-state index >= 15 is 0 Å². The van der Waals surface area contributed by atoms with Crippen LogP contribution in [-0.2, 0) is 11.3 Å². The van der Waals surface area contributed by atoms with Gasteiger partial charge in [-0.2, -0.15) is 10.2 Å². The number of pyridine rings is 1. The minimum absolute atomic E-state index is 0.300. The third-order valence-corrected chi connectivity index (χ3v) is 4.69. The predicted molar refractivity (Wildman–Crippen MR) is 109 cm³/mol. The molecule has 0 amide bonds. The van der Waals surface area contributed by atoms with Crippen molar-refractivity contribution in [3.05, 3.63) is 71.7 Å². The predicted octanol–water partition coefficient (Wildman–Crippen LogP) is 3.74. The van der Waals surface area contributed by atoms with Crippen molar-refractivity contribution >= 4 is 11.5 Å². The fraction of sp³-hybridized carbons (Fsp3) is 0.227. The maximum absolute atomic E-state index is 12.0. The number of rotatable bonds is 6. The number of carbonyl (C=O) groups excluding carboxylic acids is 1. The molecule has 0 unspecified atom stereocenters. The zero-order valence-electron chi connectivity index (χ0n) is 16.6. The molecule has 1 aromatic carbocycles. The van der Waals surface area contributed by atoms with E-state index in [1.807, 2.05) is 60.0 Å². The second-order valence-corrected chi connectivity index (χ2v) is 6.67. The number of hydrogen-bond donors (Lipinski definition) is 0. The molecule has 7 nitrogen and oxygen atoms in total. The van der Waals surface area contributed by atoms with Gasteiger partial charge in [-0.3, -0.25) is 4.68 Å². The smallest absolute Gasteiger partial charge is 0.358 e. The number of hydrogen-bond acceptors (Lipinski definition) is 5. The van der Waals surface area contributed by atoms with Crippen LogP contribution in [0.1, 0.15) is 28.8 Å². The minimum Gasteiger partial charge on any atom is -0.497 e. The van der Waals surface area contributed by atoms with Gasteiger partial charge >= 0.3 is 5.97 Å².